The lowest BCUT2D eigenvalue weighted by Gasteiger charge is -2.30. The van der Waals surface area contributed by atoms with E-state index in [4.69, 9.17) is 0 Å². The fraction of sp³-hybridized carbons (Fsp3) is 0.647. The Morgan fingerprint density at radius 1 is 1.16 bits per heavy atom. The minimum Gasteiger partial charge on any atom is -0.393 e. The van der Waals surface area contributed by atoms with Crippen molar-refractivity contribution in [3.05, 3.63) is 35.9 Å². The van der Waals surface area contributed by atoms with Crippen LogP contribution in [0.25, 0.3) is 0 Å². The first-order valence-corrected chi connectivity index (χ1v) is 7.78. The molecular formula is C17H27NO. The predicted molar refractivity (Wildman–Crippen MR) is 80.1 cm³/mol. The highest BCUT2D eigenvalue weighted by atomic mass is 16.3. The summed E-state index contributed by atoms with van der Waals surface area (Å²) in [6, 6.07) is 11.8. The van der Waals surface area contributed by atoms with E-state index < -0.39 is 0 Å². The third kappa shape index (κ3) is 4.63. The topological polar surface area (TPSA) is 32.3 Å². The standard InChI is InChI=1S/C17H27NO/c1-2-3-9-17(14-7-5-4-6-8-14)18-15-10-12-16(19)13-11-15/h4-8,15-19H,2-3,9-13H2,1H3. The van der Waals surface area contributed by atoms with Crippen molar-refractivity contribution >= 4 is 0 Å². The van der Waals surface area contributed by atoms with Crippen molar-refractivity contribution in [3.8, 4) is 0 Å². The van der Waals surface area contributed by atoms with Crippen LogP contribution < -0.4 is 5.32 Å². The first-order chi connectivity index (χ1) is 9.29. The van der Waals surface area contributed by atoms with Gasteiger partial charge in [0.15, 0.2) is 0 Å². The maximum absolute atomic E-state index is 9.59. The van der Waals surface area contributed by atoms with E-state index in [-0.39, 0.29) is 6.10 Å². The molecule has 0 spiro atoms. The fourth-order valence-electron chi connectivity index (χ4n) is 2.97. The quantitative estimate of drug-likeness (QED) is 0.816. The molecule has 1 unspecified atom stereocenters. The van der Waals surface area contributed by atoms with Crippen LogP contribution >= 0.6 is 0 Å². The number of benzene rings is 1. The zero-order valence-electron chi connectivity index (χ0n) is 12.0. The Balaban J connectivity index is 1.94. The number of rotatable bonds is 6. The van der Waals surface area contributed by atoms with Gasteiger partial charge in [0.05, 0.1) is 6.10 Å². The zero-order chi connectivity index (χ0) is 13.5. The smallest absolute Gasteiger partial charge is 0.0541 e. The molecule has 1 saturated carbocycles. The van der Waals surface area contributed by atoms with Crippen molar-refractivity contribution in [1.29, 1.82) is 0 Å². The van der Waals surface area contributed by atoms with Crippen LogP contribution in [0.4, 0.5) is 0 Å². The van der Waals surface area contributed by atoms with Crippen LogP contribution in [-0.2, 0) is 0 Å². The first-order valence-electron chi connectivity index (χ1n) is 7.78. The van der Waals surface area contributed by atoms with E-state index in [0.717, 1.165) is 25.7 Å². The van der Waals surface area contributed by atoms with Crippen molar-refractivity contribution < 1.29 is 5.11 Å². The third-order valence-corrected chi connectivity index (χ3v) is 4.18. The van der Waals surface area contributed by atoms with Crippen molar-refractivity contribution in [2.75, 3.05) is 0 Å². The average molecular weight is 261 g/mol. The van der Waals surface area contributed by atoms with Gasteiger partial charge in [0.2, 0.25) is 0 Å². The Hall–Kier alpha value is -0.860. The number of aliphatic hydroxyl groups excluding tert-OH is 1. The van der Waals surface area contributed by atoms with Gasteiger partial charge in [-0.2, -0.15) is 0 Å². The van der Waals surface area contributed by atoms with Gasteiger partial charge in [0.1, 0.15) is 0 Å². The molecule has 106 valence electrons. The van der Waals surface area contributed by atoms with Crippen molar-refractivity contribution in [2.45, 2.75) is 70.1 Å². The minimum absolute atomic E-state index is 0.0659. The van der Waals surface area contributed by atoms with Crippen LogP contribution in [0.3, 0.4) is 0 Å². The lowest BCUT2D eigenvalue weighted by molar-refractivity contribution is 0.113. The van der Waals surface area contributed by atoms with Crippen molar-refractivity contribution in [1.82, 2.24) is 5.32 Å². The molecule has 1 aliphatic carbocycles. The Morgan fingerprint density at radius 2 is 1.84 bits per heavy atom. The lowest BCUT2D eigenvalue weighted by Crippen LogP contribution is -2.37. The molecule has 0 radical (unpaired) electrons. The average Bonchev–Trinajstić information content (AvgIpc) is 2.46. The highest BCUT2D eigenvalue weighted by Gasteiger charge is 2.22. The Labute approximate surface area is 117 Å². The molecule has 0 bridgehead atoms. The summed E-state index contributed by atoms with van der Waals surface area (Å²) in [4.78, 5) is 0. The normalized spacial score (nSPS) is 25.2. The van der Waals surface area contributed by atoms with E-state index >= 15 is 0 Å². The van der Waals surface area contributed by atoms with Gasteiger partial charge in [-0.15, -0.1) is 0 Å². The molecule has 2 rings (SSSR count). The van der Waals surface area contributed by atoms with E-state index in [9.17, 15) is 5.11 Å². The zero-order valence-corrected chi connectivity index (χ0v) is 12.0. The van der Waals surface area contributed by atoms with Gasteiger partial charge in [0.25, 0.3) is 0 Å². The molecule has 0 saturated heterocycles. The molecule has 0 heterocycles. The molecule has 19 heavy (non-hydrogen) atoms. The highest BCUT2D eigenvalue weighted by molar-refractivity contribution is 5.19. The van der Waals surface area contributed by atoms with E-state index in [2.05, 4.69) is 42.6 Å². The van der Waals surface area contributed by atoms with E-state index in [1.54, 1.807) is 0 Å². The van der Waals surface area contributed by atoms with Crippen molar-refractivity contribution in [3.63, 3.8) is 0 Å². The second-order valence-electron chi connectivity index (χ2n) is 5.78. The number of nitrogens with one attached hydrogen (secondary N) is 1. The van der Waals surface area contributed by atoms with Gasteiger partial charge >= 0.3 is 0 Å². The third-order valence-electron chi connectivity index (χ3n) is 4.18. The first kappa shape index (κ1) is 14.5. The SMILES string of the molecule is CCCCC(NC1CCC(O)CC1)c1ccccc1. The van der Waals surface area contributed by atoms with Gasteiger partial charge in [-0.1, -0.05) is 50.1 Å². The fourth-order valence-corrected chi connectivity index (χ4v) is 2.97. The largest absolute Gasteiger partial charge is 0.393 e. The summed E-state index contributed by atoms with van der Waals surface area (Å²) in [7, 11) is 0. The van der Waals surface area contributed by atoms with Crippen LogP contribution in [0.1, 0.15) is 63.5 Å². The Kier molecular flexibility index (Phi) is 5.87. The molecule has 1 fully saturated rings. The number of unbranched alkanes of at least 4 members (excludes halogenated alkanes) is 1. The van der Waals surface area contributed by atoms with Crippen LogP contribution in [0.15, 0.2) is 30.3 Å². The Bertz CT molecular complexity index is 344. The molecule has 0 aromatic heterocycles. The molecule has 2 nitrogen and oxygen atoms in total. The molecule has 0 amide bonds. The summed E-state index contributed by atoms with van der Waals surface area (Å²) in [6.45, 7) is 2.25. The molecular weight excluding hydrogens is 234 g/mol. The van der Waals surface area contributed by atoms with Gasteiger partial charge < -0.3 is 10.4 Å². The van der Waals surface area contributed by atoms with E-state index in [1.807, 2.05) is 0 Å². The van der Waals surface area contributed by atoms with Gasteiger partial charge in [0, 0.05) is 12.1 Å². The van der Waals surface area contributed by atoms with Gasteiger partial charge in [-0.3, -0.25) is 0 Å². The molecule has 1 aliphatic rings. The molecule has 1 aromatic carbocycles. The van der Waals surface area contributed by atoms with Gasteiger partial charge in [-0.25, -0.2) is 0 Å². The van der Waals surface area contributed by atoms with E-state index in [1.165, 1.54) is 24.8 Å². The summed E-state index contributed by atoms with van der Waals surface area (Å²) in [5.41, 5.74) is 1.40. The number of aliphatic hydroxyl groups is 1. The second-order valence-corrected chi connectivity index (χ2v) is 5.78. The van der Waals surface area contributed by atoms with Crippen molar-refractivity contribution in [2.24, 2.45) is 0 Å². The monoisotopic (exact) mass is 261 g/mol. The highest BCUT2D eigenvalue weighted by Crippen LogP contribution is 2.25. The molecule has 2 heteroatoms. The summed E-state index contributed by atoms with van der Waals surface area (Å²) in [5, 5.41) is 13.4. The maximum atomic E-state index is 9.59. The summed E-state index contributed by atoms with van der Waals surface area (Å²) >= 11 is 0. The lowest BCUT2D eigenvalue weighted by atomic mass is 9.91. The van der Waals surface area contributed by atoms with Crippen LogP contribution in [0, 0.1) is 0 Å². The molecule has 1 aromatic rings. The molecule has 0 aliphatic heterocycles. The summed E-state index contributed by atoms with van der Waals surface area (Å²) in [5.74, 6) is 0. The molecule has 1 atom stereocenters. The summed E-state index contributed by atoms with van der Waals surface area (Å²) in [6.07, 6.45) is 7.77. The Morgan fingerprint density at radius 3 is 2.47 bits per heavy atom. The maximum Gasteiger partial charge on any atom is 0.0541 e. The van der Waals surface area contributed by atoms with Crippen LogP contribution in [-0.4, -0.2) is 17.3 Å². The summed E-state index contributed by atoms with van der Waals surface area (Å²) < 4.78 is 0. The van der Waals surface area contributed by atoms with Crippen LogP contribution in [0.2, 0.25) is 0 Å². The van der Waals surface area contributed by atoms with Gasteiger partial charge in [-0.05, 0) is 37.7 Å². The number of hydrogen-bond acceptors (Lipinski definition) is 2. The minimum atomic E-state index is -0.0659. The predicted octanol–water partition coefficient (Wildman–Crippen LogP) is 3.81. The van der Waals surface area contributed by atoms with E-state index in [0.29, 0.717) is 12.1 Å². The number of hydrogen-bond donors (Lipinski definition) is 2. The molecule has 2 N–H and O–H groups in total. The van der Waals surface area contributed by atoms with Crippen LogP contribution in [0.5, 0.6) is 0 Å². The second kappa shape index (κ2) is 7.66.